The maximum Gasteiger partial charge on any atom is 0.118 e. The van der Waals surface area contributed by atoms with Crippen molar-refractivity contribution in [1.82, 2.24) is 0 Å². The Morgan fingerprint density at radius 1 is 1.00 bits per heavy atom. The average Bonchev–Trinajstić information content (AvgIpc) is 2.75. The van der Waals surface area contributed by atoms with Crippen LogP contribution in [0, 0.1) is 16.7 Å². The van der Waals surface area contributed by atoms with E-state index in [1.807, 2.05) is 0 Å². The Morgan fingerprint density at radius 2 is 1.55 bits per heavy atom. The van der Waals surface area contributed by atoms with Crippen molar-refractivity contribution < 1.29 is 4.74 Å². The van der Waals surface area contributed by atoms with Crippen molar-refractivity contribution in [3.05, 3.63) is 53.1 Å². The summed E-state index contributed by atoms with van der Waals surface area (Å²) in [4.78, 5) is 0. The van der Waals surface area contributed by atoms with Gasteiger partial charge in [0.2, 0.25) is 0 Å². The highest BCUT2D eigenvalue weighted by Crippen LogP contribution is 2.76. The Bertz CT molecular complexity index is 680. The van der Waals surface area contributed by atoms with E-state index in [4.69, 9.17) is 4.74 Å². The number of ether oxygens (including phenoxy) is 1. The molecule has 1 saturated carbocycles. The summed E-state index contributed by atoms with van der Waals surface area (Å²) in [5.74, 6) is 1.48. The lowest BCUT2D eigenvalue weighted by atomic mass is 9.56. The molecule has 0 saturated heterocycles. The second-order valence-electron chi connectivity index (χ2n) is 7.71. The summed E-state index contributed by atoms with van der Waals surface area (Å²) < 4.78 is 5.33. The highest BCUT2D eigenvalue weighted by Gasteiger charge is 2.70. The van der Waals surface area contributed by atoms with E-state index in [-0.39, 0.29) is 16.2 Å². The van der Waals surface area contributed by atoms with Crippen molar-refractivity contribution in [1.29, 1.82) is 0 Å². The summed E-state index contributed by atoms with van der Waals surface area (Å²) >= 11 is 0. The van der Waals surface area contributed by atoms with Crippen LogP contribution in [0.1, 0.15) is 47.1 Å². The summed E-state index contributed by atoms with van der Waals surface area (Å²) in [6.45, 7) is 18.8. The highest BCUT2D eigenvalue weighted by atomic mass is 16.5. The van der Waals surface area contributed by atoms with Crippen LogP contribution in [0.3, 0.4) is 0 Å². The molecule has 0 amide bonds. The zero-order chi connectivity index (χ0) is 16.5. The molecule has 0 aromatic heterocycles. The molecule has 2 bridgehead atoms. The lowest BCUT2D eigenvalue weighted by Crippen LogP contribution is -2.42. The van der Waals surface area contributed by atoms with Crippen molar-refractivity contribution >= 4 is 0 Å². The molecule has 3 rings (SSSR count). The molecule has 2 aliphatic rings. The summed E-state index contributed by atoms with van der Waals surface area (Å²) in [6, 6.07) is 8.58. The molecule has 22 heavy (non-hydrogen) atoms. The molecule has 4 atom stereocenters. The molecule has 0 spiro atoms. The largest absolute Gasteiger partial charge is 0.497 e. The molecule has 2 aliphatic carbocycles. The van der Waals surface area contributed by atoms with Gasteiger partial charge in [0.05, 0.1) is 7.11 Å². The van der Waals surface area contributed by atoms with Crippen molar-refractivity contribution in [2.24, 2.45) is 16.7 Å². The lowest BCUT2D eigenvalue weighted by molar-refractivity contribution is 0.198. The normalized spacial score (nSPS) is 40.5. The van der Waals surface area contributed by atoms with Gasteiger partial charge in [-0.3, -0.25) is 0 Å². The summed E-state index contributed by atoms with van der Waals surface area (Å²) in [7, 11) is 1.72. The topological polar surface area (TPSA) is 9.23 Å². The molecule has 0 aliphatic heterocycles. The van der Waals surface area contributed by atoms with Gasteiger partial charge in [0.25, 0.3) is 0 Å². The Morgan fingerprint density at radius 3 is 2.00 bits per heavy atom. The van der Waals surface area contributed by atoms with Crippen LogP contribution in [-0.2, 0) is 5.41 Å². The van der Waals surface area contributed by atoms with Gasteiger partial charge in [0.15, 0.2) is 0 Å². The van der Waals surface area contributed by atoms with Crippen LogP contribution in [0.25, 0.3) is 0 Å². The van der Waals surface area contributed by atoms with E-state index in [2.05, 4.69) is 72.4 Å². The Hall–Kier alpha value is -1.50. The second-order valence-corrected chi connectivity index (χ2v) is 7.71. The first-order valence-electron chi connectivity index (χ1n) is 8.19. The molecule has 1 fully saturated rings. The number of hydrogen-bond donors (Lipinski definition) is 0. The molecule has 118 valence electrons. The Labute approximate surface area is 135 Å². The van der Waals surface area contributed by atoms with E-state index >= 15 is 0 Å². The summed E-state index contributed by atoms with van der Waals surface area (Å²) in [6.07, 6.45) is 0. The van der Waals surface area contributed by atoms with E-state index in [0.717, 1.165) is 5.75 Å². The molecule has 0 N–H and O–H groups in total. The quantitative estimate of drug-likeness (QED) is 0.653. The van der Waals surface area contributed by atoms with Gasteiger partial charge in [-0.05, 0) is 37.5 Å². The van der Waals surface area contributed by atoms with Gasteiger partial charge in [-0.25, -0.2) is 0 Å². The predicted octanol–water partition coefficient (Wildman–Crippen LogP) is 5.52. The van der Waals surface area contributed by atoms with E-state index in [0.29, 0.717) is 5.92 Å². The van der Waals surface area contributed by atoms with E-state index in [1.165, 1.54) is 16.7 Å². The minimum atomic E-state index is -0.0307. The Balaban J connectivity index is 2.25. The average molecular weight is 296 g/mol. The molecule has 0 radical (unpaired) electrons. The molecule has 0 heterocycles. The molecular weight excluding hydrogens is 268 g/mol. The first-order chi connectivity index (χ1) is 10.2. The van der Waals surface area contributed by atoms with Crippen molar-refractivity contribution in [3.8, 4) is 5.75 Å². The fourth-order valence-corrected chi connectivity index (χ4v) is 5.53. The Kier molecular flexibility index (Phi) is 2.99. The first-order valence-corrected chi connectivity index (χ1v) is 8.19. The van der Waals surface area contributed by atoms with Crippen LogP contribution in [0.4, 0.5) is 0 Å². The lowest BCUT2D eigenvalue weighted by Gasteiger charge is -2.47. The van der Waals surface area contributed by atoms with E-state index in [9.17, 15) is 0 Å². The van der Waals surface area contributed by atoms with Crippen molar-refractivity contribution in [3.63, 3.8) is 0 Å². The zero-order valence-corrected chi connectivity index (χ0v) is 15.0. The minimum absolute atomic E-state index is 0.0307. The number of fused-ring (bicyclic) bond motifs is 2. The monoisotopic (exact) mass is 296 g/mol. The molecule has 1 unspecified atom stereocenters. The molecule has 1 heteroatoms. The first kappa shape index (κ1) is 15.4. The third kappa shape index (κ3) is 1.32. The second kappa shape index (κ2) is 4.28. The van der Waals surface area contributed by atoms with Crippen LogP contribution in [0.5, 0.6) is 5.75 Å². The standard InChI is InChI=1S/C21H28O/c1-13-14(2)20(6)15(3)19(13,5)16(4)21(20,7)17-9-11-18(22-8)12-10-17/h9-12,15H,4H2,1-3,5-8H3/t15?,19-,20+,21+/m1/s1. The van der Waals surface area contributed by atoms with Crippen LogP contribution in [0.15, 0.2) is 47.6 Å². The molecule has 1 aromatic carbocycles. The smallest absolute Gasteiger partial charge is 0.118 e. The molecule has 1 nitrogen and oxygen atoms in total. The predicted molar refractivity (Wildman–Crippen MR) is 93.2 cm³/mol. The van der Waals surface area contributed by atoms with Gasteiger partial charge in [0, 0.05) is 16.2 Å². The van der Waals surface area contributed by atoms with Crippen LogP contribution in [0.2, 0.25) is 0 Å². The fraction of sp³-hybridized carbons (Fsp3) is 0.524. The number of rotatable bonds is 2. The fourth-order valence-electron chi connectivity index (χ4n) is 5.53. The van der Waals surface area contributed by atoms with Gasteiger partial charge in [-0.15, -0.1) is 0 Å². The van der Waals surface area contributed by atoms with Crippen LogP contribution < -0.4 is 4.74 Å². The molecular formula is C21H28O. The van der Waals surface area contributed by atoms with Gasteiger partial charge in [-0.1, -0.05) is 63.1 Å². The third-order valence-corrected chi connectivity index (χ3v) is 7.79. The summed E-state index contributed by atoms with van der Waals surface area (Å²) in [5, 5.41) is 0. The third-order valence-electron chi connectivity index (χ3n) is 7.79. The van der Waals surface area contributed by atoms with Crippen molar-refractivity contribution in [2.45, 2.75) is 47.0 Å². The van der Waals surface area contributed by atoms with Gasteiger partial charge < -0.3 is 4.74 Å². The summed E-state index contributed by atoms with van der Waals surface area (Å²) in [5.41, 5.74) is 5.99. The number of hydrogen-bond acceptors (Lipinski definition) is 1. The number of benzene rings is 1. The van der Waals surface area contributed by atoms with Gasteiger partial charge >= 0.3 is 0 Å². The van der Waals surface area contributed by atoms with E-state index < -0.39 is 0 Å². The van der Waals surface area contributed by atoms with Crippen LogP contribution in [-0.4, -0.2) is 7.11 Å². The van der Waals surface area contributed by atoms with Crippen LogP contribution >= 0.6 is 0 Å². The molecule has 1 aromatic rings. The van der Waals surface area contributed by atoms with Crippen molar-refractivity contribution in [2.75, 3.05) is 7.11 Å². The van der Waals surface area contributed by atoms with Gasteiger partial charge in [-0.2, -0.15) is 0 Å². The number of allylic oxidation sites excluding steroid dienone is 3. The minimum Gasteiger partial charge on any atom is -0.497 e. The maximum absolute atomic E-state index is 5.33. The number of methoxy groups -OCH3 is 1. The van der Waals surface area contributed by atoms with Gasteiger partial charge in [0.1, 0.15) is 5.75 Å². The highest BCUT2D eigenvalue weighted by molar-refractivity contribution is 5.59. The SMILES string of the molecule is C=C1[C@]2(C)C(C)=C(C)[C@@](C)(C2C)[C@]1(C)c1ccc(OC)cc1. The van der Waals surface area contributed by atoms with E-state index in [1.54, 1.807) is 12.7 Å². The zero-order valence-electron chi connectivity index (χ0n) is 15.0. The maximum atomic E-state index is 5.33.